The monoisotopic (exact) mass is 242 g/mol. The average Bonchev–Trinajstić information content (AvgIpc) is 2.37. The number of carbonyl (C=O) groups is 1. The number of piperidine rings is 1. The van der Waals surface area contributed by atoms with Crippen molar-refractivity contribution in [2.75, 3.05) is 26.2 Å². The van der Waals surface area contributed by atoms with E-state index in [-0.39, 0.29) is 12.0 Å². The minimum atomic E-state index is 0.252. The molecule has 0 aromatic heterocycles. The van der Waals surface area contributed by atoms with E-state index in [9.17, 15) is 4.79 Å². The van der Waals surface area contributed by atoms with E-state index in [0.29, 0.717) is 13.0 Å². The highest BCUT2D eigenvalue weighted by molar-refractivity contribution is 5.76. The van der Waals surface area contributed by atoms with Crippen molar-refractivity contribution in [3.05, 3.63) is 0 Å². The summed E-state index contributed by atoms with van der Waals surface area (Å²) in [6.07, 6.45) is 5.94. The van der Waals surface area contributed by atoms with Gasteiger partial charge in [0.2, 0.25) is 5.91 Å². The van der Waals surface area contributed by atoms with Crippen molar-refractivity contribution < 1.29 is 9.53 Å². The third-order valence-corrected chi connectivity index (χ3v) is 3.13. The second-order valence-corrected chi connectivity index (χ2v) is 4.72. The van der Waals surface area contributed by atoms with Gasteiger partial charge >= 0.3 is 0 Å². The number of carbonyl (C=O) groups excluding carboxylic acids is 1. The Labute approximate surface area is 104 Å². The molecule has 100 valence electrons. The molecular weight excluding hydrogens is 216 g/mol. The highest BCUT2D eigenvalue weighted by Crippen LogP contribution is 2.15. The Hall–Kier alpha value is -0.610. The molecule has 1 unspecified atom stereocenters. The molecule has 1 aliphatic heterocycles. The Morgan fingerprint density at radius 3 is 3.00 bits per heavy atom. The second-order valence-electron chi connectivity index (χ2n) is 4.72. The topological polar surface area (TPSA) is 55.6 Å². The number of hydrogen-bond acceptors (Lipinski definition) is 3. The maximum absolute atomic E-state index is 11.9. The minimum Gasteiger partial charge on any atom is -0.376 e. The van der Waals surface area contributed by atoms with Crippen molar-refractivity contribution in [1.29, 1.82) is 0 Å². The van der Waals surface area contributed by atoms with Gasteiger partial charge in [0, 0.05) is 26.1 Å². The molecule has 1 aliphatic rings. The van der Waals surface area contributed by atoms with Crippen molar-refractivity contribution in [1.82, 2.24) is 4.90 Å². The molecule has 17 heavy (non-hydrogen) atoms. The van der Waals surface area contributed by atoms with Crippen LogP contribution in [0.15, 0.2) is 0 Å². The summed E-state index contributed by atoms with van der Waals surface area (Å²) in [4.78, 5) is 13.9. The Bertz CT molecular complexity index is 221. The van der Waals surface area contributed by atoms with Gasteiger partial charge in [-0.05, 0) is 38.6 Å². The summed E-state index contributed by atoms with van der Waals surface area (Å²) < 4.78 is 5.72. The third kappa shape index (κ3) is 5.50. The van der Waals surface area contributed by atoms with E-state index in [1.807, 2.05) is 4.90 Å². The first-order valence-corrected chi connectivity index (χ1v) is 6.87. The Kier molecular flexibility index (Phi) is 7.21. The van der Waals surface area contributed by atoms with Gasteiger partial charge in [0.15, 0.2) is 0 Å². The Balaban J connectivity index is 2.25. The molecule has 2 N–H and O–H groups in total. The molecule has 0 bridgehead atoms. The first-order valence-electron chi connectivity index (χ1n) is 6.87. The number of ether oxygens (including phenoxy) is 1. The summed E-state index contributed by atoms with van der Waals surface area (Å²) in [6.45, 7) is 5.27. The normalized spacial score (nSPS) is 20.6. The molecule has 1 fully saturated rings. The number of likely N-dealkylation sites (tertiary alicyclic amines) is 1. The van der Waals surface area contributed by atoms with Gasteiger partial charge in [-0.15, -0.1) is 0 Å². The zero-order valence-electron chi connectivity index (χ0n) is 11.0. The summed E-state index contributed by atoms with van der Waals surface area (Å²) in [5.41, 5.74) is 5.43. The molecule has 1 saturated heterocycles. The summed E-state index contributed by atoms with van der Waals surface area (Å²) in [5, 5.41) is 0. The molecule has 0 spiro atoms. The molecule has 0 aromatic rings. The van der Waals surface area contributed by atoms with E-state index >= 15 is 0 Å². The van der Waals surface area contributed by atoms with Crippen molar-refractivity contribution in [2.24, 2.45) is 5.73 Å². The molecular formula is C13H26N2O2. The van der Waals surface area contributed by atoms with Crippen molar-refractivity contribution in [3.8, 4) is 0 Å². The number of nitrogens with two attached hydrogens (primary N) is 1. The van der Waals surface area contributed by atoms with Crippen LogP contribution in [0.1, 0.15) is 45.4 Å². The maximum Gasteiger partial charge on any atom is 0.222 e. The van der Waals surface area contributed by atoms with Crippen LogP contribution in [-0.4, -0.2) is 43.2 Å². The molecule has 0 radical (unpaired) electrons. The molecule has 0 aromatic carbocycles. The maximum atomic E-state index is 11.9. The molecule has 0 aliphatic carbocycles. The van der Waals surface area contributed by atoms with Crippen LogP contribution >= 0.6 is 0 Å². The van der Waals surface area contributed by atoms with Gasteiger partial charge < -0.3 is 15.4 Å². The molecule has 4 heteroatoms. The lowest BCUT2D eigenvalue weighted by atomic mass is 10.1. The fraction of sp³-hybridized carbons (Fsp3) is 0.923. The van der Waals surface area contributed by atoms with Crippen LogP contribution in [0, 0.1) is 0 Å². The number of hydrogen-bond donors (Lipinski definition) is 1. The zero-order valence-corrected chi connectivity index (χ0v) is 11.0. The highest BCUT2D eigenvalue weighted by Gasteiger charge is 2.23. The summed E-state index contributed by atoms with van der Waals surface area (Å²) in [6, 6.07) is 0. The lowest BCUT2D eigenvalue weighted by molar-refractivity contribution is -0.135. The van der Waals surface area contributed by atoms with Gasteiger partial charge in [0.25, 0.3) is 0 Å². The average molecular weight is 242 g/mol. The van der Waals surface area contributed by atoms with E-state index in [4.69, 9.17) is 10.5 Å². The van der Waals surface area contributed by atoms with Crippen LogP contribution in [0.5, 0.6) is 0 Å². The second kappa shape index (κ2) is 8.48. The van der Waals surface area contributed by atoms with Crippen molar-refractivity contribution in [2.45, 2.75) is 51.6 Å². The van der Waals surface area contributed by atoms with Crippen LogP contribution in [0.2, 0.25) is 0 Å². The van der Waals surface area contributed by atoms with Gasteiger partial charge in [-0.1, -0.05) is 6.92 Å². The van der Waals surface area contributed by atoms with Crippen LogP contribution in [0.3, 0.4) is 0 Å². The standard InChI is InChI=1S/C13H26N2O2/c1-2-10-17-12-6-5-9-15(11-12)13(16)7-3-4-8-14/h12H,2-11,14H2,1H3. The SMILES string of the molecule is CCCOC1CCCN(C(=O)CCCCN)C1. The Morgan fingerprint density at radius 1 is 1.47 bits per heavy atom. The first-order chi connectivity index (χ1) is 8.27. The number of nitrogens with zero attached hydrogens (tertiary/aromatic N) is 1. The fourth-order valence-corrected chi connectivity index (χ4v) is 2.16. The number of rotatable bonds is 7. The lowest BCUT2D eigenvalue weighted by Crippen LogP contribution is -2.43. The number of unbranched alkanes of at least 4 members (excludes halogenated alkanes) is 1. The minimum absolute atomic E-state index is 0.252. The van der Waals surface area contributed by atoms with Crippen molar-refractivity contribution in [3.63, 3.8) is 0 Å². The summed E-state index contributed by atoms with van der Waals surface area (Å²) in [7, 11) is 0. The zero-order chi connectivity index (χ0) is 12.5. The van der Waals surface area contributed by atoms with E-state index in [2.05, 4.69) is 6.92 Å². The predicted octanol–water partition coefficient (Wildman–Crippen LogP) is 1.53. The van der Waals surface area contributed by atoms with Gasteiger partial charge in [-0.2, -0.15) is 0 Å². The highest BCUT2D eigenvalue weighted by atomic mass is 16.5. The fourth-order valence-electron chi connectivity index (χ4n) is 2.16. The molecule has 1 amide bonds. The molecule has 1 atom stereocenters. The van der Waals surface area contributed by atoms with Gasteiger partial charge in [0.05, 0.1) is 6.10 Å². The third-order valence-electron chi connectivity index (χ3n) is 3.13. The summed E-state index contributed by atoms with van der Waals surface area (Å²) in [5.74, 6) is 0.267. The van der Waals surface area contributed by atoms with Crippen LogP contribution < -0.4 is 5.73 Å². The van der Waals surface area contributed by atoms with Crippen molar-refractivity contribution >= 4 is 5.91 Å². The summed E-state index contributed by atoms with van der Waals surface area (Å²) >= 11 is 0. The van der Waals surface area contributed by atoms with Crippen LogP contribution in [-0.2, 0) is 9.53 Å². The Morgan fingerprint density at radius 2 is 2.29 bits per heavy atom. The first kappa shape index (κ1) is 14.5. The van der Waals surface area contributed by atoms with E-state index in [1.54, 1.807) is 0 Å². The van der Waals surface area contributed by atoms with E-state index in [0.717, 1.165) is 51.8 Å². The predicted molar refractivity (Wildman–Crippen MR) is 68.8 cm³/mol. The molecule has 1 rings (SSSR count). The van der Waals surface area contributed by atoms with Gasteiger partial charge in [-0.3, -0.25) is 4.79 Å². The molecule has 0 saturated carbocycles. The lowest BCUT2D eigenvalue weighted by Gasteiger charge is -2.32. The van der Waals surface area contributed by atoms with Gasteiger partial charge in [-0.25, -0.2) is 0 Å². The molecule has 4 nitrogen and oxygen atoms in total. The number of amides is 1. The van der Waals surface area contributed by atoms with E-state index in [1.165, 1.54) is 0 Å². The van der Waals surface area contributed by atoms with Crippen LogP contribution in [0.4, 0.5) is 0 Å². The van der Waals surface area contributed by atoms with Crippen LogP contribution in [0.25, 0.3) is 0 Å². The largest absolute Gasteiger partial charge is 0.376 e. The van der Waals surface area contributed by atoms with E-state index < -0.39 is 0 Å². The molecule has 1 heterocycles. The quantitative estimate of drug-likeness (QED) is 0.689. The van der Waals surface area contributed by atoms with Gasteiger partial charge in [0.1, 0.15) is 0 Å². The smallest absolute Gasteiger partial charge is 0.222 e.